The van der Waals surface area contributed by atoms with E-state index in [1.807, 2.05) is 0 Å². The van der Waals surface area contributed by atoms with E-state index < -0.39 is 0 Å². The fourth-order valence-electron chi connectivity index (χ4n) is 1.72. The van der Waals surface area contributed by atoms with Gasteiger partial charge in [0, 0.05) is 19.1 Å². The highest BCUT2D eigenvalue weighted by Gasteiger charge is 2.19. The Kier molecular flexibility index (Phi) is 3.66. The summed E-state index contributed by atoms with van der Waals surface area (Å²) < 4.78 is 5.38. The number of hydrogen-bond donors (Lipinski definition) is 2. The molecule has 0 saturated carbocycles. The minimum atomic E-state index is 0.433. The molecule has 0 aliphatic carbocycles. The highest BCUT2D eigenvalue weighted by molar-refractivity contribution is 5.28. The summed E-state index contributed by atoms with van der Waals surface area (Å²) in [6.07, 6.45) is 3.39. The van der Waals surface area contributed by atoms with E-state index >= 15 is 0 Å². The van der Waals surface area contributed by atoms with E-state index in [0.29, 0.717) is 11.9 Å². The molecular weight excluding hydrogens is 206 g/mol. The van der Waals surface area contributed by atoms with Crippen molar-refractivity contribution in [2.75, 3.05) is 25.2 Å². The number of nitrogens with two attached hydrogens (primary N) is 1. The van der Waals surface area contributed by atoms with Gasteiger partial charge in [-0.25, -0.2) is 10.8 Å². The second kappa shape index (κ2) is 5.20. The molecule has 2 rings (SSSR count). The Morgan fingerprint density at radius 3 is 3.06 bits per heavy atom. The number of aromatic nitrogens is 2. The topological polar surface area (TPSA) is 76.3 Å². The summed E-state index contributed by atoms with van der Waals surface area (Å²) in [6.45, 7) is 5.49. The predicted octanol–water partition coefficient (Wildman–Crippen LogP) is -0.0171. The van der Waals surface area contributed by atoms with Gasteiger partial charge in [-0.3, -0.25) is 9.88 Å². The third-order valence-corrected chi connectivity index (χ3v) is 2.72. The second-order valence-corrected chi connectivity index (χ2v) is 3.93. The van der Waals surface area contributed by atoms with Crippen molar-refractivity contribution in [1.82, 2.24) is 14.9 Å². The fraction of sp³-hybridized carbons (Fsp3) is 0.600. The van der Waals surface area contributed by atoms with E-state index in [2.05, 4.69) is 27.2 Å². The molecule has 2 heterocycles. The Labute approximate surface area is 94.8 Å². The van der Waals surface area contributed by atoms with Crippen LogP contribution < -0.4 is 11.3 Å². The first-order chi connectivity index (χ1) is 7.79. The molecule has 3 N–H and O–H groups in total. The number of nitrogen functional groups attached to an aromatic ring is 1. The van der Waals surface area contributed by atoms with Gasteiger partial charge in [-0.05, 0) is 6.92 Å². The summed E-state index contributed by atoms with van der Waals surface area (Å²) in [4.78, 5) is 10.8. The van der Waals surface area contributed by atoms with Crippen LogP contribution in [0.2, 0.25) is 0 Å². The van der Waals surface area contributed by atoms with Gasteiger partial charge in [0.1, 0.15) is 0 Å². The van der Waals surface area contributed by atoms with Crippen molar-refractivity contribution in [3.05, 3.63) is 18.1 Å². The number of hydrogen-bond acceptors (Lipinski definition) is 6. The Balaban J connectivity index is 1.96. The van der Waals surface area contributed by atoms with Crippen molar-refractivity contribution >= 4 is 5.82 Å². The largest absolute Gasteiger partial charge is 0.379 e. The molecule has 0 spiro atoms. The van der Waals surface area contributed by atoms with Crippen LogP contribution in [0.25, 0.3) is 0 Å². The lowest BCUT2D eigenvalue weighted by atomic mass is 10.2. The zero-order valence-corrected chi connectivity index (χ0v) is 9.39. The molecule has 1 atom stereocenters. The summed E-state index contributed by atoms with van der Waals surface area (Å²) in [5.74, 6) is 5.81. The molecule has 0 aromatic carbocycles. The van der Waals surface area contributed by atoms with Crippen molar-refractivity contribution in [3.63, 3.8) is 0 Å². The highest BCUT2D eigenvalue weighted by atomic mass is 16.5. The van der Waals surface area contributed by atoms with E-state index in [0.717, 1.165) is 32.0 Å². The van der Waals surface area contributed by atoms with Gasteiger partial charge in [0.2, 0.25) is 0 Å². The quantitative estimate of drug-likeness (QED) is 0.554. The standard InChI is InChI=1S/C10H17N5O/c1-8-7-16-3-2-15(8)6-9-4-13-10(14-11)5-12-9/h4-5,8H,2-3,6-7,11H2,1H3,(H,13,14). The molecular formula is C10H17N5O. The van der Waals surface area contributed by atoms with Gasteiger partial charge in [-0.15, -0.1) is 0 Å². The van der Waals surface area contributed by atoms with Crippen LogP contribution in [0.3, 0.4) is 0 Å². The van der Waals surface area contributed by atoms with Gasteiger partial charge in [-0.2, -0.15) is 0 Å². The number of nitrogens with zero attached hydrogens (tertiary/aromatic N) is 3. The summed E-state index contributed by atoms with van der Waals surface area (Å²) in [5.41, 5.74) is 3.41. The van der Waals surface area contributed by atoms with Crippen LogP contribution in [0.15, 0.2) is 12.4 Å². The Hall–Kier alpha value is -1.24. The van der Waals surface area contributed by atoms with Gasteiger partial charge in [0.15, 0.2) is 5.82 Å². The Morgan fingerprint density at radius 1 is 1.56 bits per heavy atom. The molecule has 0 radical (unpaired) electrons. The molecule has 0 amide bonds. The van der Waals surface area contributed by atoms with Gasteiger partial charge in [0.25, 0.3) is 0 Å². The van der Waals surface area contributed by atoms with Crippen molar-refractivity contribution in [3.8, 4) is 0 Å². The SMILES string of the molecule is CC1COCCN1Cc1cnc(NN)cn1. The average molecular weight is 223 g/mol. The van der Waals surface area contributed by atoms with Crippen molar-refractivity contribution in [2.45, 2.75) is 19.5 Å². The molecule has 6 nitrogen and oxygen atoms in total. The zero-order valence-electron chi connectivity index (χ0n) is 9.39. The summed E-state index contributed by atoms with van der Waals surface area (Å²) in [5, 5.41) is 0. The summed E-state index contributed by atoms with van der Waals surface area (Å²) in [7, 11) is 0. The first kappa shape index (κ1) is 11.3. The molecule has 1 aromatic heterocycles. The van der Waals surface area contributed by atoms with Crippen LogP contribution in [-0.4, -0.2) is 40.7 Å². The maximum atomic E-state index is 5.38. The van der Waals surface area contributed by atoms with Crippen molar-refractivity contribution in [2.24, 2.45) is 5.84 Å². The number of ether oxygens (including phenoxy) is 1. The minimum Gasteiger partial charge on any atom is -0.379 e. The Bertz CT molecular complexity index is 328. The zero-order chi connectivity index (χ0) is 11.4. The molecule has 1 fully saturated rings. The predicted molar refractivity (Wildman–Crippen MR) is 60.5 cm³/mol. The van der Waals surface area contributed by atoms with Gasteiger partial charge < -0.3 is 10.2 Å². The second-order valence-electron chi connectivity index (χ2n) is 3.93. The normalized spacial score (nSPS) is 22.0. The molecule has 6 heteroatoms. The van der Waals surface area contributed by atoms with E-state index in [1.54, 1.807) is 12.4 Å². The molecule has 1 aromatic rings. The first-order valence-electron chi connectivity index (χ1n) is 5.39. The van der Waals surface area contributed by atoms with Crippen LogP contribution in [0.1, 0.15) is 12.6 Å². The average Bonchev–Trinajstić information content (AvgIpc) is 2.33. The summed E-state index contributed by atoms with van der Waals surface area (Å²) in [6, 6.07) is 0.433. The van der Waals surface area contributed by atoms with Crippen LogP contribution in [0.4, 0.5) is 5.82 Å². The highest BCUT2D eigenvalue weighted by Crippen LogP contribution is 2.10. The monoisotopic (exact) mass is 223 g/mol. The maximum Gasteiger partial charge on any atom is 0.158 e. The van der Waals surface area contributed by atoms with Crippen LogP contribution in [0.5, 0.6) is 0 Å². The van der Waals surface area contributed by atoms with E-state index in [4.69, 9.17) is 10.6 Å². The van der Waals surface area contributed by atoms with E-state index in [1.165, 1.54) is 0 Å². The lowest BCUT2D eigenvalue weighted by molar-refractivity contribution is -0.00495. The molecule has 1 aliphatic heterocycles. The number of hydrazine groups is 1. The molecule has 1 unspecified atom stereocenters. The fourth-order valence-corrected chi connectivity index (χ4v) is 1.72. The molecule has 1 aliphatic rings. The van der Waals surface area contributed by atoms with E-state index in [9.17, 15) is 0 Å². The molecule has 88 valence electrons. The number of morpholine rings is 1. The summed E-state index contributed by atoms with van der Waals surface area (Å²) >= 11 is 0. The maximum absolute atomic E-state index is 5.38. The third kappa shape index (κ3) is 2.66. The number of anilines is 1. The molecule has 16 heavy (non-hydrogen) atoms. The Morgan fingerprint density at radius 2 is 2.44 bits per heavy atom. The number of rotatable bonds is 3. The van der Waals surface area contributed by atoms with Crippen LogP contribution in [-0.2, 0) is 11.3 Å². The van der Waals surface area contributed by atoms with Crippen LogP contribution in [0, 0.1) is 0 Å². The lowest BCUT2D eigenvalue weighted by Gasteiger charge is -2.32. The number of nitrogens with one attached hydrogen (secondary N) is 1. The van der Waals surface area contributed by atoms with Crippen LogP contribution >= 0.6 is 0 Å². The molecule has 0 bridgehead atoms. The third-order valence-electron chi connectivity index (χ3n) is 2.72. The van der Waals surface area contributed by atoms with Gasteiger partial charge >= 0.3 is 0 Å². The van der Waals surface area contributed by atoms with E-state index in [-0.39, 0.29) is 0 Å². The van der Waals surface area contributed by atoms with Crippen molar-refractivity contribution in [1.29, 1.82) is 0 Å². The minimum absolute atomic E-state index is 0.433. The first-order valence-corrected chi connectivity index (χ1v) is 5.39. The van der Waals surface area contributed by atoms with Crippen molar-refractivity contribution < 1.29 is 4.74 Å². The van der Waals surface area contributed by atoms with Gasteiger partial charge in [0.05, 0.1) is 31.3 Å². The lowest BCUT2D eigenvalue weighted by Crippen LogP contribution is -2.43. The smallest absolute Gasteiger partial charge is 0.158 e. The molecule has 1 saturated heterocycles. The van der Waals surface area contributed by atoms with Gasteiger partial charge in [-0.1, -0.05) is 0 Å².